The smallest absolute Gasteiger partial charge is 0.217 e. The van der Waals surface area contributed by atoms with Crippen LogP contribution >= 0.6 is 0 Å². The van der Waals surface area contributed by atoms with Crippen LogP contribution in [-0.4, -0.2) is 61.9 Å². The number of rotatable bonds is 7. The molecule has 8 nitrogen and oxygen atoms in total. The van der Waals surface area contributed by atoms with Gasteiger partial charge in [0.25, 0.3) is 0 Å². The molecule has 170 valence electrons. The molecule has 0 spiro atoms. The Balaban J connectivity index is 1.39. The van der Waals surface area contributed by atoms with E-state index in [9.17, 15) is 4.79 Å². The van der Waals surface area contributed by atoms with Crippen molar-refractivity contribution in [3.05, 3.63) is 42.0 Å². The molecule has 0 bridgehead atoms. The van der Waals surface area contributed by atoms with Crippen molar-refractivity contribution in [3.8, 4) is 0 Å². The lowest BCUT2D eigenvalue weighted by molar-refractivity contribution is -0.119. The number of likely N-dealkylation sites (tertiary alicyclic amines) is 1. The Morgan fingerprint density at radius 3 is 2.97 bits per heavy atom. The normalized spacial score (nSPS) is 20.9. The Hall–Kier alpha value is -2.87. The lowest BCUT2D eigenvalue weighted by Gasteiger charge is -2.24. The molecule has 2 aliphatic heterocycles. The molecule has 1 amide bonds. The van der Waals surface area contributed by atoms with E-state index < -0.39 is 0 Å². The van der Waals surface area contributed by atoms with Gasteiger partial charge in [0.05, 0.1) is 11.0 Å². The number of hydrogen-bond donors (Lipinski definition) is 2. The number of aryl methyl sites for hydroxylation is 3. The van der Waals surface area contributed by atoms with E-state index in [-0.39, 0.29) is 11.9 Å². The van der Waals surface area contributed by atoms with Gasteiger partial charge in [-0.1, -0.05) is 0 Å². The van der Waals surface area contributed by atoms with Crippen molar-refractivity contribution in [1.29, 1.82) is 0 Å². The maximum atomic E-state index is 11.4. The standard InChI is InChI=1S/C24H33N7O/c1-17-4-5-20-21(26-17)6-7-22-24(20)28-23(9-13-30-11-3-10-25-30)31(22)15-14-29-12-8-19(16-29)27-18(2)32/h3,6-7,10-11,17,19,26H,4-5,8-9,12-16H2,1-2H3,(H,27,32)/t17-,19+/m0/s1. The number of amides is 1. The third-order valence-corrected chi connectivity index (χ3v) is 6.78. The van der Waals surface area contributed by atoms with Crippen LogP contribution in [0.15, 0.2) is 30.6 Å². The monoisotopic (exact) mass is 435 g/mol. The van der Waals surface area contributed by atoms with E-state index in [1.54, 1.807) is 6.92 Å². The molecule has 1 saturated heterocycles. The molecule has 1 fully saturated rings. The van der Waals surface area contributed by atoms with Crippen molar-refractivity contribution >= 4 is 22.6 Å². The van der Waals surface area contributed by atoms with E-state index in [1.165, 1.54) is 16.8 Å². The molecule has 2 atom stereocenters. The first-order valence-corrected chi connectivity index (χ1v) is 11.8. The SMILES string of the molecule is CC(=O)N[C@@H]1CCN(CCn2c(CCn3cccn3)nc3c4c(ccc32)N[C@@H](C)CC4)C1. The van der Waals surface area contributed by atoms with Crippen molar-refractivity contribution in [1.82, 2.24) is 29.5 Å². The summed E-state index contributed by atoms with van der Waals surface area (Å²) in [5, 5.41) is 11.1. The second kappa shape index (κ2) is 8.94. The van der Waals surface area contributed by atoms with Gasteiger partial charge in [0.15, 0.2) is 0 Å². The first-order chi connectivity index (χ1) is 15.6. The molecular formula is C24H33N7O. The number of anilines is 1. The van der Waals surface area contributed by atoms with E-state index in [0.29, 0.717) is 6.04 Å². The summed E-state index contributed by atoms with van der Waals surface area (Å²) in [4.78, 5) is 19.0. The summed E-state index contributed by atoms with van der Waals surface area (Å²) in [6.45, 7) is 8.47. The minimum absolute atomic E-state index is 0.0612. The Bertz CT molecular complexity index is 1090. The highest BCUT2D eigenvalue weighted by Gasteiger charge is 2.24. The number of benzene rings is 1. The summed E-state index contributed by atoms with van der Waals surface area (Å²) in [5.74, 6) is 1.19. The molecule has 5 rings (SSSR count). The summed E-state index contributed by atoms with van der Waals surface area (Å²) in [7, 11) is 0. The number of nitrogens with zero attached hydrogens (tertiary/aromatic N) is 5. The fourth-order valence-corrected chi connectivity index (χ4v) is 5.15. The van der Waals surface area contributed by atoms with Gasteiger partial charge < -0.3 is 15.2 Å². The van der Waals surface area contributed by atoms with E-state index in [4.69, 9.17) is 4.98 Å². The molecule has 32 heavy (non-hydrogen) atoms. The van der Waals surface area contributed by atoms with Crippen molar-refractivity contribution in [2.45, 2.75) is 64.7 Å². The van der Waals surface area contributed by atoms with Crippen molar-refractivity contribution in [3.63, 3.8) is 0 Å². The van der Waals surface area contributed by atoms with Crippen LogP contribution in [0.3, 0.4) is 0 Å². The van der Waals surface area contributed by atoms with E-state index in [2.05, 4.69) is 44.3 Å². The van der Waals surface area contributed by atoms with Gasteiger partial charge in [0.1, 0.15) is 5.82 Å². The van der Waals surface area contributed by atoms with Crippen LogP contribution in [0.1, 0.15) is 38.1 Å². The summed E-state index contributed by atoms with van der Waals surface area (Å²) in [6.07, 6.45) is 7.91. The van der Waals surface area contributed by atoms with Crippen molar-refractivity contribution in [2.24, 2.45) is 0 Å². The van der Waals surface area contributed by atoms with Gasteiger partial charge in [-0.3, -0.25) is 14.4 Å². The average Bonchev–Trinajstić information content (AvgIpc) is 3.50. The average molecular weight is 436 g/mol. The molecule has 3 aromatic rings. The maximum Gasteiger partial charge on any atom is 0.217 e. The lowest BCUT2D eigenvalue weighted by atomic mass is 9.98. The van der Waals surface area contributed by atoms with Crippen LogP contribution in [0.25, 0.3) is 11.0 Å². The van der Waals surface area contributed by atoms with Crippen LogP contribution < -0.4 is 10.6 Å². The number of fused-ring (bicyclic) bond motifs is 3. The van der Waals surface area contributed by atoms with E-state index in [0.717, 1.165) is 69.7 Å². The largest absolute Gasteiger partial charge is 0.382 e. The van der Waals surface area contributed by atoms with Crippen LogP contribution in [-0.2, 0) is 30.7 Å². The highest BCUT2D eigenvalue weighted by Crippen LogP contribution is 2.32. The molecule has 4 heterocycles. The molecule has 0 saturated carbocycles. The number of aromatic nitrogens is 4. The first-order valence-electron chi connectivity index (χ1n) is 11.8. The molecule has 0 radical (unpaired) electrons. The third kappa shape index (κ3) is 4.37. The minimum Gasteiger partial charge on any atom is -0.382 e. The Morgan fingerprint density at radius 1 is 1.25 bits per heavy atom. The van der Waals surface area contributed by atoms with Gasteiger partial charge in [-0.2, -0.15) is 5.10 Å². The molecular weight excluding hydrogens is 402 g/mol. The van der Waals surface area contributed by atoms with Gasteiger partial charge in [0.2, 0.25) is 5.91 Å². The van der Waals surface area contributed by atoms with E-state index >= 15 is 0 Å². The molecule has 0 unspecified atom stereocenters. The lowest BCUT2D eigenvalue weighted by Crippen LogP contribution is -2.36. The molecule has 2 N–H and O–H groups in total. The Morgan fingerprint density at radius 2 is 2.16 bits per heavy atom. The van der Waals surface area contributed by atoms with Crippen molar-refractivity contribution < 1.29 is 4.79 Å². The fourth-order valence-electron chi connectivity index (χ4n) is 5.15. The second-order valence-electron chi connectivity index (χ2n) is 9.23. The van der Waals surface area contributed by atoms with Gasteiger partial charge >= 0.3 is 0 Å². The van der Waals surface area contributed by atoms with Gasteiger partial charge in [-0.15, -0.1) is 0 Å². The fraction of sp³-hybridized carbons (Fsp3) is 0.542. The Kier molecular flexibility index (Phi) is 5.87. The molecule has 2 aromatic heterocycles. The highest BCUT2D eigenvalue weighted by molar-refractivity contribution is 5.86. The highest BCUT2D eigenvalue weighted by atomic mass is 16.1. The maximum absolute atomic E-state index is 11.4. The summed E-state index contributed by atoms with van der Waals surface area (Å²) < 4.78 is 4.38. The van der Waals surface area contributed by atoms with Crippen LogP contribution in [0.5, 0.6) is 0 Å². The van der Waals surface area contributed by atoms with E-state index in [1.807, 2.05) is 23.1 Å². The number of imidazole rings is 1. The zero-order valence-corrected chi connectivity index (χ0v) is 19.0. The van der Waals surface area contributed by atoms with Crippen molar-refractivity contribution in [2.75, 3.05) is 25.0 Å². The van der Waals surface area contributed by atoms with Gasteiger partial charge in [0, 0.05) is 81.8 Å². The molecule has 8 heteroatoms. The topological polar surface area (TPSA) is 80.0 Å². The number of hydrogen-bond acceptors (Lipinski definition) is 5. The summed E-state index contributed by atoms with van der Waals surface area (Å²) in [6, 6.07) is 7.20. The number of carbonyl (C=O) groups excluding carboxylic acids is 1. The molecule has 0 aliphatic carbocycles. The van der Waals surface area contributed by atoms with Crippen LogP contribution in [0.4, 0.5) is 5.69 Å². The summed E-state index contributed by atoms with van der Waals surface area (Å²) >= 11 is 0. The van der Waals surface area contributed by atoms with Crippen LogP contribution in [0, 0.1) is 0 Å². The molecule has 1 aromatic carbocycles. The summed E-state index contributed by atoms with van der Waals surface area (Å²) in [5.41, 5.74) is 4.96. The second-order valence-corrected chi connectivity index (χ2v) is 9.23. The van der Waals surface area contributed by atoms with Gasteiger partial charge in [-0.05, 0) is 44.4 Å². The number of carbonyl (C=O) groups is 1. The Labute approximate surface area is 189 Å². The zero-order chi connectivity index (χ0) is 22.1. The minimum atomic E-state index is 0.0612. The van der Waals surface area contributed by atoms with Crippen LogP contribution in [0.2, 0.25) is 0 Å². The first kappa shape index (κ1) is 21.0. The predicted octanol–water partition coefficient (Wildman–Crippen LogP) is 2.43. The predicted molar refractivity (Wildman–Crippen MR) is 126 cm³/mol. The third-order valence-electron chi connectivity index (χ3n) is 6.78. The van der Waals surface area contributed by atoms with Gasteiger partial charge in [-0.25, -0.2) is 4.98 Å². The quantitative estimate of drug-likeness (QED) is 0.596. The molecule has 2 aliphatic rings. The number of nitrogens with one attached hydrogen (secondary N) is 2. The zero-order valence-electron chi connectivity index (χ0n) is 19.0.